The molecule has 0 spiro atoms. The summed E-state index contributed by atoms with van der Waals surface area (Å²) in [6.45, 7) is 1.30. The molecule has 3 rings (SSSR count). The summed E-state index contributed by atoms with van der Waals surface area (Å²) in [5, 5.41) is 8.93. The van der Waals surface area contributed by atoms with E-state index in [0.717, 1.165) is 5.56 Å². The summed E-state index contributed by atoms with van der Waals surface area (Å²) < 4.78 is 10.8. The molecule has 0 aliphatic carbocycles. The van der Waals surface area contributed by atoms with Crippen LogP contribution in [0.15, 0.2) is 35.0 Å². The van der Waals surface area contributed by atoms with Crippen molar-refractivity contribution in [1.82, 2.24) is 5.32 Å². The molecule has 0 radical (unpaired) electrons. The summed E-state index contributed by atoms with van der Waals surface area (Å²) in [6, 6.07) is 6.90. The highest BCUT2D eigenvalue weighted by atomic mass is 32.1. The second kappa shape index (κ2) is 6.48. The minimum Gasteiger partial charge on any atom is -0.486 e. The fraction of sp³-hybridized carbons (Fsp3) is 0.200. The average molecular weight is 318 g/mol. The molecule has 114 valence electrons. The van der Waals surface area contributed by atoms with Gasteiger partial charge in [-0.1, -0.05) is 0 Å². The van der Waals surface area contributed by atoms with Gasteiger partial charge in [0, 0.05) is 18.3 Å². The Kier molecular flexibility index (Phi) is 4.24. The molecule has 0 saturated carbocycles. The molecule has 0 bridgehead atoms. The first-order valence-electron chi connectivity index (χ1n) is 6.72. The molecule has 22 heavy (non-hydrogen) atoms. The van der Waals surface area contributed by atoms with Crippen LogP contribution in [0.4, 0.5) is 5.69 Å². The maximum absolute atomic E-state index is 11.8. The van der Waals surface area contributed by atoms with Gasteiger partial charge in [0.1, 0.15) is 13.2 Å². The summed E-state index contributed by atoms with van der Waals surface area (Å²) in [7, 11) is 0. The van der Waals surface area contributed by atoms with Crippen molar-refractivity contribution in [3.63, 3.8) is 0 Å². The number of benzene rings is 1. The number of carbonyl (C=O) groups excluding carboxylic acids is 2. The monoisotopic (exact) mass is 318 g/mol. The van der Waals surface area contributed by atoms with Crippen LogP contribution in [0.25, 0.3) is 0 Å². The lowest BCUT2D eigenvalue weighted by Gasteiger charge is -2.18. The summed E-state index contributed by atoms with van der Waals surface area (Å²) >= 11 is 1.54. The number of fused-ring (bicyclic) bond motifs is 1. The molecule has 0 saturated heterocycles. The Labute approximate surface area is 131 Å². The van der Waals surface area contributed by atoms with E-state index in [1.165, 1.54) is 11.3 Å². The second-order valence-electron chi connectivity index (χ2n) is 4.63. The normalized spacial score (nSPS) is 12.5. The van der Waals surface area contributed by atoms with Crippen molar-refractivity contribution in [2.24, 2.45) is 0 Å². The number of ether oxygens (including phenoxy) is 2. The Bertz CT molecular complexity index is 685. The van der Waals surface area contributed by atoms with Crippen molar-refractivity contribution in [2.45, 2.75) is 6.54 Å². The van der Waals surface area contributed by atoms with Gasteiger partial charge in [-0.3, -0.25) is 9.59 Å². The molecular formula is C15H14N2O4S. The number of carbonyl (C=O) groups is 2. The van der Waals surface area contributed by atoms with E-state index in [1.807, 2.05) is 16.8 Å². The number of anilines is 1. The van der Waals surface area contributed by atoms with Crippen molar-refractivity contribution >= 4 is 28.8 Å². The molecule has 1 aromatic carbocycles. The zero-order chi connectivity index (χ0) is 15.4. The van der Waals surface area contributed by atoms with Crippen molar-refractivity contribution in [1.29, 1.82) is 0 Å². The van der Waals surface area contributed by atoms with Crippen LogP contribution in [-0.2, 0) is 16.1 Å². The molecule has 0 unspecified atom stereocenters. The second-order valence-corrected chi connectivity index (χ2v) is 5.41. The Hall–Kier alpha value is -2.54. The minimum absolute atomic E-state index is 0.330. The smallest absolute Gasteiger partial charge is 0.313 e. The minimum atomic E-state index is -0.716. The van der Waals surface area contributed by atoms with Gasteiger partial charge in [-0.2, -0.15) is 11.3 Å². The van der Waals surface area contributed by atoms with Gasteiger partial charge in [0.25, 0.3) is 0 Å². The summed E-state index contributed by atoms with van der Waals surface area (Å²) in [5.41, 5.74) is 1.45. The van der Waals surface area contributed by atoms with Crippen molar-refractivity contribution in [3.05, 3.63) is 40.6 Å². The molecule has 2 heterocycles. The van der Waals surface area contributed by atoms with Gasteiger partial charge in [-0.25, -0.2) is 0 Å². The number of amides is 2. The van der Waals surface area contributed by atoms with E-state index < -0.39 is 11.8 Å². The van der Waals surface area contributed by atoms with Crippen LogP contribution < -0.4 is 20.1 Å². The van der Waals surface area contributed by atoms with Crippen LogP contribution in [0.2, 0.25) is 0 Å². The molecular weight excluding hydrogens is 304 g/mol. The molecule has 2 aromatic rings. The standard InChI is InChI=1S/C15H14N2O4S/c18-14(16-8-10-3-6-22-9-10)15(19)17-11-1-2-12-13(7-11)21-5-4-20-12/h1-3,6-7,9H,4-5,8H2,(H,16,18)(H,17,19). The Morgan fingerprint density at radius 3 is 2.68 bits per heavy atom. The van der Waals surface area contributed by atoms with E-state index in [4.69, 9.17) is 9.47 Å². The van der Waals surface area contributed by atoms with Crippen LogP contribution in [-0.4, -0.2) is 25.0 Å². The predicted molar refractivity (Wildman–Crippen MR) is 82.2 cm³/mol. The van der Waals surface area contributed by atoms with Crippen LogP contribution in [0.1, 0.15) is 5.56 Å². The van der Waals surface area contributed by atoms with Gasteiger partial charge in [-0.15, -0.1) is 0 Å². The lowest BCUT2D eigenvalue weighted by Crippen LogP contribution is -2.34. The Balaban J connectivity index is 1.57. The van der Waals surface area contributed by atoms with Gasteiger partial charge in [-0.05, 0) is 34.5 Å². The van der Waals surface area contributed by atoms with Gasteiger partial charge in [0.05, 0.1) is 0 Å². The molecule has 0 atom stereocenters. The maximum Gasteiger partial charge on any atom is 0.313 e. The average Bonchev–Trinajstić information content (AvgIpc) is 3.06. The van der Waals surface area contributed by atoms with Crippen molar-refractivity contribution < 1.29 is 19.1 Å². The highest BCUT2D eigenvalue weighted by Gasteiger charge is 2.16. The fourth-order valence-electron chi connectivity index (χ4n) is 1.96. The zero-order valence-electron chi connectivity index (χ0n) is 11.6. The van der Waals surface area contributed by atoms with Crippen LogP contribution in [0.3, 0.4) is 0 Å². The largest absolute Gasteiger partial charge is 0.486 e. The Morgan fingerprint density at radius 1 is 1.09 bits per heavy atom. The topological polar surface area (TPSA) is 76.7 Å². The first kappa shape index (κ1) is 14.4. The third-order valence-electron chi connectivity index (χ3n) is 3.04. The maximum atomic E-state index is 11.8. The molecule has 2 amide bonds. The SMILES string of the molecule is O=C(NCc1ccsc1)C(=O)Nc1ccc2c(c1)OCCO2. The molecule has 1 aliphatic heterocycles. The van der Waals surface area contributed by atoms with E-state index in [1.54, 1.807) is 18.2 Å². The molecule has 1 aliphatic rings. The first-order valence-corrected chi connectivity index (χ1v) is 7.66. The molecule has 6 nitrogen and oxygen atoms in total. The number of nitrogens with one attached hydrogen (secondary N) is 2. The summed E-state index contributed by atoms with van der Waals surface area (Å²) in [4.78, 5) is 23.6. The van der Waals surface area contributed by atoms with Crippen LogP contribution >= 0.6 is 11.3 Å². The molecule has 7 heteroatoms. The van der Waals surface area contributed by atoms with E-state index >= 15 is 0 Å². The Morgan fingerprint density at radius 2 is 1.91 bits per heavy atom. The number of thiophene rings is 1. The summed E-state index contributed by atoms with van der Waals surface area (Å²) in [5.74, 6) is -0.207. The highest BCUT2D eigenvalue weighted by molar-refractivity contribution is 7.07. The van der Waals surface area contributed by atoms with Crippen molar-refractivity contribution in [3.8, 4) is 11.5 Å². The number of hydrogen-bond donors (Lipinski definition) is 2. The number of rotatable bonds is 3. The van der Waals surface area contributed by atoms with E-state index in [-0.39, 0.29) is 0 Å². The first-order chi connectivity index (χ1) is 10.7. The number of hydrogen-bond acceptors (Lipinski definition) is 5. The third-order valence-corrected chi connectivity index (χ3v) is 3.77. The highest BCUT2D eigenvalue weighted by Crippen LogP contribution is 2.32. The molecule has 0 fully saturated rings. The van der Waals surface area contributed by atoms with E-state index in [9.17, 15) is 9.59 Å². The van der Waals surface area contributed by atoms with E-state index in [2.05, 4.69) is 10.6 Å². The summed E-state index contributed by atoms with van der Waals surface area (Å²) in [6.07, 6.45) is 0. The van der Waals surface area contributed by atoms with Gasteiger partial charge in [0.2, 0.25) is 0 Å². The lowest BCUT2D eigenvalue weighted by atomic mass is 10.2. The quantitative estimate of drug-likeness (QED) is 0.846. The van der Waals surface area contributed by atoms with E-state index in [0.29, 0.717) is 36.9 Å². The van der Waals surface area contributed by atoms with Gasteiger partial charge < -0.3 is 20.1 Å². The zero-order valence-corrected chi connectivity index (χ0v) is 12.4. The lowest BCUT2D eigenvalue weighted by molar-refractivity contribution is -0.136. The fourth-order valence-corrected chi connectivity index (χ4v) is 2.63. The van der Waals surface area contributed by atoms with Gasteiger partial charge >= 0.3 is 11.8 Å². The van der Waals surface area contributed by atoms with Crippen LogP contribution in [0.5, 0.6) is 11.5 Å². The third kappa shape index (κ3) is 3.37. The molecule has 1 aromatic heterocycles. The van der Waals surface area contributed by atoms with Crippen molar-refractivity contribution in [2.75, 3.05) is 18.5 Å². The van der Waals surface area contributed by atoms with Crippen LogP contribution in [0, 0.1) is 0 Å². The van der Waals surface area contributed by atoms with Gasteiger partial charge in [0.15, 0.2) is 11.5 Å². The molecule has 2 N–H and O–H groups in total. The predicted octanol–water partition coefficient (Wildman–Crippen LogP) is 1.77.